The average molecular weight is 220 g/mol. The van der Waals surface area contributed by atoms with E-state index >= 15 is 0 Å². The summed E-state index contributed by atoms with van der Waals surface area (Å²) in [7, 11) is 0. The predicted molar refractivity (Wildman–Crippen MR) is 61.8 cm³/mol. The fourth-order valence-corrected chi connectivity index (χ4v) is 4.21. The number of allylic oxidation sites excluding steroid dienone is 1. The van der Waals surface area contributed by atoms with Crippen LogP contribution >= 0.6 is 0 Å². The summed E-state index contributed by atoms with van der Waals surface area (Å²) in [6, 6.07) is 0. The van der Waals surface area contributed by atoms with Crippen molar-refractivity contribution in [2.45, 2.75) is 51.6 Å². The number of hydrogen-bond donors (Lipinski definition) is 0. The highest BCUT2D eigenvalue weighted by Crippen LogP contribution is 2.58. The summed E-state index contributed by atoms with van der Waals surface area (Å²) in [6.45, 7) is 6.63. The number of hydrogen-bond acceptors (Lipinski definition) is 2. The molecule has 88 valence electrons. The fourth-order valence-electron chi connectivity index (χ4n) is 4.21. The van der Waals surface area contributed by atoms with E-state index in [-0.39, 0.29) is 12.1 Å². The predicted octanol–water partition coefficient (Wildman–Crippen LogP) is 3.07. The van der Waals surface area contributed by atoms with Crippen molar-refractivity contribution in [1.82, 2.24) is 0 Å². The van der Waals surface area contributed by atoms with Crippen LogP contribution in [0.5, 0.6) is 0 Å². The largest absolute Gasteiger partial charge is 0.462 e. The molecule has 4 atom stereocenters. The molecular formula is C14H20O2. The fraction of sp³-hybridized carbons (Fsp3) is 0.786. The lowest BCUT2D eigenvalue weighted by Crippen LogP contribution is -2.46. The van der Waals surface area contributed by atoms with E-state index < -0.39 is 0 Å². The van der Waals surface area contributed by atoms with Gasteiger partial charge in [0.15, 0.2) is 0 Å². The van der Waals surface area contributed by atoms with Crippen molar-refractivity contribution in [3.8, 4) is 0 Å². The summed E-state index contributed by atoms with van der Waals surface area (Å²) < 4.78 is 5.51. The summed E-state index contributed by atoms with van der Waals surface area (Å²) >= 11 is 0. The van der Waals surface area contributed by atoms with Gasteiger partial charge >= 0.3 is 5.97 Å². The van der Waals surface area contributed by atoms with Gasteiger partial charge in [-0.3, -0.25) is 4.79 Å². The normalized spacial score (nSPS) is 47.2. The Bertz CT molecular complexity index is 347. The number of esters is 1. The van der Waals surface area contributed by atoms with Crippen LogP contribution in [-0.2, 0) is 9.53 Å². The van der Waals surface area contributed by atoms with Crippen LogP contribution in [0.2, 0.25) is 0 Å². The van der Waals surface area contributed by atoms with E-state index in [4.69, 9.17) is 4.74 Å². The van der Waals surface area contributed by atoms with E-state index in [1.807, 2.05) is 0 Å². The summed E-state index contributed by atoms with van der Waals surface area (Å²) in [6.07, 6.45) is 6.52. The first-order valence-corrected chi connectivity index (χ1v) is 6.49. The minimum Gasteiger partial charge on any atom is -0.462 e. The molecule has 0 N–H and O–H groups in total. The van der Waals surface area contributed by atoms with Crippen molar-refractivity contribution >= 4 is 5.97 Å². The van der Waals surface area contributed by atoms with Gasteiger partial charge in [0.1, 0.15) is 6.10 Å². The zero-order valence-corrected chi connectivity index (χ0v) is 10.00. The molecule has 2 saturated carbocycles. The Labute approximate surface area is 97.1 Å². The summed E-state index contributed by atoms with van der Waals surface area (Å²) in [5, 5.41) is 0. The molecular weight excluding hydrogens is 200 g/mol. The van der Waals surface area contributed by atoms with Crippen LogP contribution in [0.15, 0.2) is 12.2 Å². The lowest BCUT2D eigenvalue weighted by Gasteiger charge is -2.48. The lowest BCUT2D eigenvalue weighted by molar-refractivity contribution is -0.167. The van der Waals surface area contributed by atoms with Crippen LogP contribution in [0.3, 0.4) is 0 Å². The van der Waals surface area contributed by atoms with Gasteiger partial charge < -0.3 is 4.74 Å². The average Bonchev–Trinajstić information content (AvgIpc) is 2.56. The summed E-state index contributed by atoms with van der Waals surface area (Å²) in [4.78, 5) is 11.3. The van der Waals surface area contributed by atoms with E-state index in [1.165, 1.54) is 18.4 Å². The second-order valence-corrected chi connectivity index (χ2v) is 5.94. The van der Waals surface area contributed by atoms with Gasteiger partial charge in [-0.15, -0.1) is 0 Å². The summed E-state index contributed by atoms with van der Waals surface area (Å²) in [5.41, 5.74) is 1.78. The second-order valence-electron chi connectivity index (χ2n) is 5.94. The molecule has 3 aliphatic rings. The maximum atomic E-state index is 11.3. The minimum atomic E-state index is 0.0154. The third-order valence-corrected chi connectivity index (χ3v) is 5.29. The van der Waals surface area contributed by atoms with Gasteiger partial charge in [-0.2, -0.15) is 0 Å². The van der Waals surface area contributed by atoms with E-state index in [9.17, 15) is 4.79 Å². The second kappa shape index (κ2) is 3.35. The first-order valence-electron chi connectivity index (χ1n) is 6.49. The molecule has 1 aliphatic heterocycles. The Morgan fingerprint density at radius 1 is 1.31 bits per heavy atom. The highest BCUT2D eigenvalue weighted by atomic mass is 16.5. The van der Waals surface area contributed by atoms with Crippen molar-refractivity contribution in [1.29, 1.82) is 0 Å². The zero-order chi connectivity index (χ0) is 11.3. The number of ether oxygens (including phenoxy) is 1. The molecule has 0 spiro atoms. The van der Waals surface area contributed by atoms with Crippen molar-refractivity contribution in [2.75, 3.05) is 0 Å². The number of fused-ring (bicyclic) bond motifs is 3. The maximum absolute atomic E-state index is 11.3. The van der Waals surface area contributed by atoms with Crippen molar-refractivity contribution < 1.29 is 9.53 Å². The Hall–Kier alpha value is -0.790. The van der Waals surface area contributed by atoms with Crippen LogP contribution in [-0.4, -0.2) is 12.1 Å². The van der Waals surface area contributed by atoms with Crippen LogP contribution in [0.1, 0.15) is 45.4 Å². The molecule has 0 radical (unpaired) electrons. The molecule has 3 fully saturated rings. The molecule has 0 bridgehead atoms. The molecule has 2 nitrogen and oxygen atoms in total. The van der Waals surface area contributed by atoms with Gasteiger partial charge in [-0.1, -0.05) is 19.1 Å². The zero-order valence-electron chi connectivity index (χ0n) is 10.00. The van der Waals surface area contributed by atoms with Gasteiger partial charge in [0.25, 0.3) is 0 Å². The van der Waals surface area contributed by atoms with Gasteiger partial charge in [-0.05, 0) is 43.4 Å². The third-order valence-electron chi connectivity index (χ3n) is 5.29. The van der Waals surface area contributed by atoms with Crippen molar-refractivity contribution in [3.63, 3.8) is 0 Å². The smallest absolute Gasteiger partial charge is 0.306 e. The Morgan fingerprint density at radius 3 is 2.94 bits per heavy atom. The molecule has 0 aromatic heterocycles. The van der Waals surface area contributed by atoms with E-state index in [1.54, 1.807) is 0 Å². The molecule has 4 unspecified atom stereocenters. The van der Waals surface area contributed by atoms with E-state index in [0.29, 0.717) is 23.7 Å². The van der Waals surface area contributed by atoms with Gasteiger partial charge in [0.05, 0.1) is 0 Å². The molecule has 1 heterocycles. The molecule has 1 saturated heterocycles. The molecule has 0 aromatic carbocycles. The van der Waals surface area contributed by atoms with Crippen molar-refractivity contribution in [2.24, 2.45) is 17.3 Å². The minimum absolute atomic E-state index is 0.0154. The summed E-state index contributed by atoms with van der Waals surface area (Å²) in [5.74, 6) is 1.34. The topological polar surface area (TPSA) is 26.3 Å². The molecule has 2 heteroatoms. The maximum Gasteiger partial charge on any atom is 0.306 e. The van der Waals surface area contributed by atoms with E-state index in [2.05, 4.69) is 13.5 Å². The first kappa shape index (κ1) is 10.4. The first-order chi connectivity index (χ1) is 7.61. The van der Waals surface area contributed by atoms with Crippen LogP contribution in [0.4, 0.5) is 0 Å². The SMILES string of the molecule is C=C1CCC2C3CCC(=O)OC3CCC12C. The molecule has 0 amide bonds. The quantitative estimate of drug-likeness (QED) is 0.463. The molecule has 0 aromatic rings. The number of carbonyl (C=O) groups is 1. The standard InChI is InChI=1S/C14H20O2/c1-9-3-5-11-10-4-6-13(15)16-12(10)7-8-14(9,11)2/h10-12H,1,3-8H2,2H3. The number of rotatable bonds is 0. The lowest BCUT2D eigenvalue weighted by atomic mass is 9.61. The Morgan fingerprint density at radius 2 is 2.12 bits per heavy atom. The highest BCUT2D eigenvalue weighted by molar-refractivity contribution is 5.70. The van der Waals surface area contributed by atoms with Crippen molar-refractivity contribution in [3.05, 3.63) is 12.2 Å². The van der Waals surface area contributed by atoms with Gasteiger partial charge in [0, 0.05) is 12.3 Å². The van der Waals surface area contributed by atoms with Gasteiger partial charge in [-0.25, -0.2) is 0 Å². The van der Waals surface area contributed by atoms with Crippen LogP contribution < -0.4 is 0 Å². The Balaban J connectivity index is 1.87. The highest BCUT2D eigenvalue weighted by Gasteiger charge is 2.52. The molecule has 2 aliphatic carbocycles. The Kier molecular flexibility index (Phi) is 2.17. The monoisotopic (exact) mass is 220 g/mol. The van der Waals surface area contributed by atoms with E-state index in [0.717, 1.165) is 19.3 Å². The molecule has 3 rings (SSSR count). The van der Waals surface area contributed by atoms with Crippen LogP contribution in [0, 0.1) is 17.3 Å². The molecule has 16 heavy (non-hydrogen) atoms. The number of carbonyl (C=O) groups excluding carboxylic acids is 1. The van der Waals surface area contributed by atoms with Gasteiger partial charge in [0.2, 0.25) is 0 Å². The van der Waals surface area contributed by atoms with Crippen LogP contribution in [0.25, 0.3) is 0 Å². The third kappa shape index (κ3) is 1.28.